The first-order valence-electron chi connectivity index (χ1n) is 7.12. The Hall–Kier alpha value is -1.55. The van der Waals surface area contributed by atoms with Gasteiger partial charge in [0.2, 0.25) is 0 Å². The second-order valence-corrected chi connectivity index (χ2v) is 7.05. The van der Waals surface area contributed by atoms with Crippen molar-refractivity contribution in [1.82, 2.24) is 4.90 Å². The summed E-state index contributed by atoms with van der Waals surface area (Å²) in [7, 11) is 0. The Morgan fingerprint density at radius 1 is 1.35 bits per heavy atom. The smallest absolute Gasteiger partial charge is 0.410 e. The minimum Gasteiger partial charge on any atom is -0.444 e. The van der Waals surface area contributed by atoms with Crippen LogP contribution in [0, 0.1) is 5.41 Å². The maximum atomic E-state index is 12.0. The van der Waals surface area contributed by atoms with Crippen LogP contribution in [0.4, 0.5) is 4.79 Å². The summed E-state index contributed by atoms with van der Waals surface area (Å²) in [6, 6.07) is 8.35. The van der Waals surface area contributed by atoms with Crippen molar-refractivity contribution in [2.45, 2.75) is 38.8 Å². The van der Waals surface area contributed by atoms with Gasteiger partial charge in [0.25, 0.3) is 0 Å². The molecule has 2 aliphatic rings. The normalized spacial score (nSPS) is 23.4. The van der Waals surface area contributed by atoms with Crippen molar-refractivity contribution in [3.05, 3.63) is 35.4 Å². The number of benzene rings is 1. The quantitative estimate of drug-likeness (QED) is 0.790. The second-order valence-electron chi connectivity index (χ2n) is 7.05. The summed E-state index contributed by atoms with van der Waals surface area (Å²) in [6.07, 6.45) is 0.732. The minimum absolute atomic E-state index is 0.0145. The number of nitrogens with zero attached hydrogens (tertiary/aromatic N) is 1. The lowest BCUT2D eigenvalue weighted by atomic mass is 9.74. The van der Waals surface area contributed by atoms with E-state index < -0.39 is 5.60 Å². The molecule has 1 heterocycles. The maximum absolute atomic E-state index is 12.0. The SMILES string of the molecule is CC(C)(C)OC(=O)N1CC2(Cc3ccccc3C2N)C1. The zero-order valence-electron chi connectivity index (χ0n) is 12.3. The molecule has 2 N–H and O–H groups in total. The molecule has 1 spiro atoms. The lowest BCUT2D eigenvalue weighted by molar-refractivity contribution is -0.0400. The van der Waals surface area contributed by atoms with Crippen molar-refractivity contribution in [2.75, 3.05) is 13.1 Å². The molecule has 1 atom stereocenters. The van der Waals surface area contributed by atoms with Crippen molar-refractivity contribution in [1.29, 1.82) is 0 Å². The zero-order chi connectivity index (χ0) is 14.5. The molecule has 3 rings (SSSR count). The van der Waals surface area contributed by atoms with Crippen LogP contribution in [0.5, 0.6) is 0 Å². The Morgan fingerprint density at radius 2 is 2.00 bits per heavy atom. The Labute approximate surface area is 119 Å². The van der Waals surface area contributed by atoms with Gasteiger partial charge in [0.15, 0.2) is 0 Å². The minimum atomic E-state index is -0.444. The largest absolute Gasteiger partial charge is 0.444 e. The number of amides is 1. The van der Waals surface area contributed by atoms with Crippen molar-refractivity contribution < 1.29 is 9.53 Å². The molecule has 108 valence electrons. The molecular formula is C16H22N2O2. The van der Waals surface area contributed by atoms with Crippen LogP contribution in [0.2, 0.25) is 0 Å². The second kappa shape index (κ2) is 4.22. The molecule has 20 heavy (non-hydrogen) atoms. The van der Waals surface area contributed by atoms with Crippen LogP contribution in [0.3, 0.4) is 0 Å². The number of carbonyl (C=O) groups is 1. The summed E-state index contributed by atoms with van der Waals surface area (Å²) in [5, 5.41) is 0. The van der Waals surface area contributed by atoms with Crippen LogP contribution in [0.25, 0.3) is 0 Å². The number of nitrogens with two attached hydrogens (primary N) is 1. The van der Waals surface area contributed by atoms with Gasteiger partial charge in [-0.3, -0.25) is 0 Å². The Bertz CT molecular complexity index is 542. The van der Waals surface area contributed by atoms with E-state index in [-0.39, 0.29) is 17.6 Å². The highest BCUT2D eigenvalue weighted by atomic mass is 16.6. The predicted octanol–water partition coefficient (Wildman–Crippen LogP) is 2.48. The highest BCUT2D eigenvalue weighted by molar-refractivity contribution is 5.70. The summed E-state index contributed by atoms with van der Waals surface area (Å²) < 4.78 is 5.40. The average molecular weight is 274 g/mol. The number of carbonyl (C=O) groups excluding carboxylic acids is 1. The monoisotopic (exact) mass is 274 g/mol. The molecule has 4 heteroatoms. The number of fused-ring (bicyclic) bond motifs is 1. The standard InChI is InChI=1S/C16H22N2O2/c1-15(2,3)20-14(19)18-9-16(10-18)8-11-6-4-5-7-12(11)13(16)17/h4-7,13H,8-10,17H2,1-3H3. The van der Waals surface area contributed by atoms with Crippen LogP contribution in [-0.2, 0) is 11.2 Å². The van der Waals surface area contributed by atoms with E-state index in [4.69, 9.17) is 10.5 Å². The van der Waals surface area contributed by atoms with Gasteiger partial charge in [0.1, 0.15) is 5.60 Å². The Morgan fingerprint density at radius 3 is 2.60 bits per heavy atom. The Kier molecular flexibility index (Phi) is 2.83. The van der Waals surface area contributed by atoms with Crippen molar-refractivity contribution in [2.24, 2.45) is 11.1 Å². The van der Waals surface area contributed by atoms with E-state index in [1.54, 1.807) is 4.90 Å². The van der Waals surface area contributed by atoms with Gasteiger partial charge in [0.05, 0.1) is 0 Å². The molecule has 1 aliphatic heterocycles. The number of rotatable bonds is 0. The highest BCUT2D eigenvalue weighted by Gasteiger charge is 2.54. The third-order valence-electron chi connectivity index (χ3n) is 4.26. The molecule has 1 aliphatic carbocycles. The van der Waals surface area contributed by atoms with Crippen LogP contribution in [-0.4, -0.2) is 29.7 Å². The van der Waals surface area contributed by atoms with Crippen molar-refractivity contribution in [3.63, 3.8) is 0 Å². The molecular weight excluding hydrogens is 252 g/mol. The van der Waals surface area contributed by atoms with E-state index >= 15 is 0 Å². The molecule has 0 bridgehead atoms. The first kappa shape index (κ1) is 13.4. The van der Waals surface area contributed by atoms with E-state index in [2.05, 4.69) is 18.2 Å². The van der Waals surface area contributed by atoms with Crippen LogP contribution in [0.1, 0.15) is 37.9 Å². The van der Waals surface area contributed by atoms with E-state index in [0.717, 1.165) is 6.42 Å². The lowest BCUT2D eigenvalue weighted by Gasteiger charge is -2.50. The maximum Gasteiger partial charge on any atom is 0.410 e. The fraction of sp³-hybridized carbons (Fsp3) is 0.562. The predicted molar refractivity (Wildman–Crippen MR) is 77.3 cm³/mol. The molecule has 1 aromatic rings. The summed E-state index contributed by atoms with van der Waals surface area (Å²) >= 11 is 0. The molecule has 1 aromatic carbocycles. The van der Waals surface area contributed by atoms with E-state index in [0.29, 0.717) is 13.1 Å². The molecule has 1 amide bonds. The van der Waals surface area contributed by atoms with E-state index in [9.17, 15) is 4.79 Å². The van der Waals surface area contributed by atoms with Gasteiger partial charge in [-0.2, -0.15) is 0 Å². The third kappa shape index (κ3) is 2.08. The molecule has 4 nitrogen and oxygen atoms in total. The fourth-order valence-corrected chi connectivity index (χ4v) is 3.30. The molecule has 0 radical (unpaired) electrons. The van der Waals surface area contributed by atoms with Crippen LogP contribution in [0.15, 0.2) is 24.3 Å². The first-order chi connectivity index (χ1) is 9.31. The zero-order valence-corrected chi connectivity index (χ0v) is 12.3. The summed E-state index contributed by atoms with van der Waals surface area (Å²) in [4.78, 5) is 13.8. The van der Waals surface area contributed by atoms with Gasteiger partial charge in [-0.1, -0.05) is 24.3 Å². The van der Waals surface area contributed by atoms with Gasteiger partial charge >= 0.3 is 6.09 Å². The van der Waals surface area contributed by atoms with Crippen LogP contribution < -0.4 is 5.73 Å². The summed E-state index contributed by atoms with van der Waals surface area (Å²) in [5.41, 5.74) is 8.52. The fourth-order valence-electron chi connectivity index (χ4n) is 3.30. The molecule has 0 saturated carbocycles. The van der Waals surface area contributed by atoms with Crippen LogP contribution >= 0.6 is 0 Å². The van der Waals surface area contributed by atoms with Gasteiger partial charge < -0.3 is 15.4 Å². The van der Waals surface area contributed by atoms with Gasteiger partial charge in [-0.05, 0) is 38.3 Å². The van der Waals surface area contributed by atoms with E-state index in [1.807, 2.05) is 26.8 Å². The third-order valence-corrected chi connectivity index (χ3v) is 4.26. The summed E-state index contributed by atoms with van der Waals surface area (Å²) in [5.74, 6) is 0. The van der Waals surface area contributed by atoms with Gasteiger partial charge in [-0.25, -0.2) is 4.79 Å². The highest BCUT2D eigenvalue weighted by Crippen LogP contribution is 2.50. The van der Waals surface area contributed by atoms with E-state index in [1.165, 1.54) is 11.1 Å². The number of hydrogen-bond acceptors (Lipinski definition) is 3. The topological polar surface area (TPSA) is 55.6 Å². The molecule has 1 fully saturated rings. The number of likely N-dealkylation sites (tertiary alicyclic amines) is 1. The number of hydrogen-bond donors (Lipinski definition) is 1. The molecule has 0 aromatic heterocycles. The van der Waals surface area contributed by atoms with Gasteiger partial charge in [0, 0.05) is 24.5 Å². The Balaban J connectivity index is 1.68. The number of ether oxygens (including phenoxy) is 1. The van der Waals surface area contributed by atoms with Crippen molar-refractivity contribution in [3.8, 4) is 0 Å². The lowest BCUT2D eigenvalue weighted by Crippen LogP contribution is -2.62. The first-order valence-corrected chi connectivity index (χ1v) is 7.12. The summed E-state index contributed by atoms with van der Waals surface area (Å²) in [6.45, 7) is 7.04. The molecule has 1 saturated heterocycles. The van der Waals surface area contributed by atoms with Crippen molar-refractivity contribution >= 4 is 6.09 Å². The molecule has 1 unspecified atom stereocenters. The van der Waals surface area contributed by atoms with Gasteiger partial charge in [-0.15, -0.1) is 0 Å². The average Bonchev–Trinajstić information content (AvgIpc) is 2.59.